The second kappa shape index (κ2) is 11.2. The first-order valence-corrected chi connectivity index (χ1v) is 11.2. The maximum absolute atomic E-state index is 12.3. The lowest BCUT2D eigenvalue weighted by atomic mass is 10.0. The van der Waals surface area contributed by atoms with Crippen LogP contribution in [0.1, 0.15) is 36.0 Å². The van der Waals surface area contributed by atoms with E-state index < -0.39 is 11.5 Å². The van der Waals surface area contributed by atoms with Gasteiger partial charge >= 0.3 is 5.63 Å². The normalized spacial score (nSPS) is 10.8. The second-order valence-electron chi connectivity index (χ2n) is 7.62. The lowest BCUT2D eigenvalue weighted by molar-refractivity contribution is -0.129. The number of benzene rings is 2. The Labute approximate surface area is 201 Å². The summed E-state index contributed by atoms with van der Waals surface area (Å²) >= 11 is 11.9. The molecule has 1 heterocycles. The molecule has 2 aromatic carbocycles. The van der Waals surface area contributed by atoms with E-state index in [-0.39, 0.29) is 31.8 Å². The van der Waals surface area contributed by atoms with E-state index in [2.05, 4.69) is 10.9 Å². The summed E-state index contributed by atoms with van der Waals surface area (Å²) in [5.74, 6) is -0.278. The van der Waals surface area contributed by atoms with E-state index in [1.165, 1.54) is 0 Å². The van der Waals surface area contributed by atoms with Crippen LogP contribution in [0, 0.1) is 13.8 Å². The van der Waals surface area contributed by atoms with Crippen molar-refractivity contribution in [1.29, 1.82) is 0 Å². The molecule has 0 aliphatic heterocycles. The minimum absolute atomic E-state index is 0.0292. The van der Waals surface area contributed by atoms with Crippen molar-refractivity contribution in [3.63, 3.8) is 0 Å². The van der Waals surface area contributed by atoms with E-state index in [1.54, 1.807) is 18.2 Å². The Morgan fingerprint density at radius 3 is 2.45 bits per heavy atom. The molecule has 0 aliphatic rings. The van der Waals surface area contributed by atoms with Crippen LogP contribution in [0.15, 0.2) is 45.6 Å². The summed E-state index contributed by atoms with van der Waals surface area (Å²) in [5.41, 5.74) is 7.03. The lowest BCUT2D eigenvalue weighted by Crippen LogP contribution is -2.41. The molecule has 0 saturated carbocycles. The zero-order chi connectivity index (χ0) is 24.0. The average molecular weight is 491 g/mol. The number of rotatable bonds is 8. The molecule has 9 heteroatoms. The van der Waals surface area contributed by atoms with Crippen molar-refractivity contribution >= 4 is 46.0 Å². The molecule has 2 N–H and O–H groups in total. The first kappa shape index (κ1) is 24.6. The molecular weight excluding hydrogens is 467 g/mol. The lowest BCUT2D eigenvalue weighted by Gasteiger charge is -2.10. The van der Waals surface area contributed by atoms with Gasteiger partial charge in [-0.1, -0.05) is 35.3 Å². The molecule has 0 atom stereocenters. The maximum Gasteiger partial charge on any atom is 0.339 e. The summed E-state index contributed by atoms with van der Waals surface area (Å²) in [4.78, 5) is 36.4. The van der Waals surface area contributed by atoms with Crippen LogP contribution in [0.4, 0.5) is 0 Å². The van der Waals surface area contributed by atoms with Gasteiger partial charge in [-0.3, -0.25) is 20.4 Å². The van der Waals surface area contributed by atoms with Gasteiger partial charge in [0.05, 0.1) is 11.6 Å². The molecule has 0 bridgehead atoms. The van der Waals surface area contributed by atoms with Crippen molar-refractivity contribution in [1.82, 2.24) is 10.9 Å². The molecule has 0 aliphatic carbocycles. The zero-order valence-electron chi connectivity index (χ0n) is 18.3. The van der Waals surface area contributed by atoms with Gasteiger partial charge in [0.2, 0.25) is 11.8 Å². The highest BCUT2D eigenvalue weighted by atomic mass is 35.5. The molecule has 1 aromatic heterocycles. The second-order valence-corrected chi connectivity index (χ2v) is 8.46. The number of carbonyl (C=O) groups is 2. The van der Waals surface area contributed by atoms with Crippen LogP contribution in [-0.2, 0) is 16.0 Å². The number of ether oxygens (including phenoxy) is 1. The number of hydrogen-bond acceptors (Lipinski definition) is 5. The van der Waals surface area contributed by atoms with E-state index in [4.69, 9.17) is 32.4 Å². The summed E-state index contributed by atoms with van der Waals surface area (Å²) in [6.45, 7) is 4.03. The Kier molecular flexibility index (Phi) is 8.36. The molecule has 0 spiro atoms. The topological polar surface area (TPSA) is 97.6 Å². The third-order valence-electron chi connectivity index (χ3n) is 5.09. The number of nitrogens with one attached hydrogen (secondary N) is 2. The molecule has 33 heavy (non-hydrogen) atoms. The van der Waals surface area contributed by atoms with E-state index in [9.17, 15) is 14.4 Å². The van der Waals surface area contributed by atoms with Crippen LogP contribution in [0.3, 0.4) is 0 Å². The van der Waals surface area contributed by atoms with Crippen LogP contribution in [0.25, 0.3) is 11.0 Å². The summed E-state index contributed by atoms with van der Waals surface area (Å²) < 4.78 is 10.9. The van der Waals surface area contributed by atoms with Gasteiger partial charge in [-0.15, -0.1) is 0 Å². The predicted molar refractivity (Wildman–Crippen MR) is 128 cm³/mol. The van der Waals surface area contributed by atoms with Crippen molar-refractivity contribution in [2.24, 2.45) is 0 Å². The van der Waals surface area contributed by atoms with Crippen LogP contribution < -0.4 is 21.2 Å². The van der Waals surface area contributed by atoms with Gasteiger partial charge in [0, 0.05) is 28.8 Å². The van der Waals surface area contributed by atoms with E-state index in [0.29, 0.717) is 33.4 Å². The molecule has 0 unspecified atom stereocenters. The van der Waals surface area contributed by atoms with Crippen LogP contribution in [0.2, 0.25) is 10.0 Å². The summed E-state index contributed by atoms with van der Waals surface area (Å²) in [6.07, 6.45) is 0.812. The first-order valence-electron chi connectivity index (χ1n) is 10.4. The summed E-state index contributed by atoms with van der Waals surface area (Å²) in [5, 5.41) is 1.74. The smallest absolute Gasteiger partial charge is 0.339 e. The van der Waals surface area contributed by atoms with E-state index in [0.717, 1.165) is 16.5 Å². The highest BCUT2D eigenvalue weighted by Gasteiger charge is 2.14. The van der Waals surface area contributed by atoms with E-state index in [1.807, 2.05) is 32.0 Å². The number of amides is 2. The summed E-state index contributed by atoms with van der Waals surface area (Å²) in [7, 11) is 0. The molecule has 3 aromatic rings. The van der Waals surface area contributed by atoms with Gasteiger partial charge in [0.15, 0.2) is 0 Å². The fourth-order valence-corrected chi connectivity index (χ4v) is 3.76. The van der Waals surface area contributed by atoms with Crippen molar-refractivity contribution in [2.45, 2.75) is 39.5 Å². The predicted octanol–water partition coefficient (Wildman–Crippen LogP) is 4.66. The Morgan fingerprint density at radius 2 is 1.73 bits per heavy atom. The third kappa shape index (κ3) is 6.73. The highest BCUT2D eigenvalue weighted by Crippen LogP contribution is 2.27. The van der Waals surface area contributed by atoms with Gasteiger partial charge in [0.25, 0.3) is 0 Å². The van der Waals surface area contributed by atoms with Crippen molar-refractivity contribution in [2.75, 3.05) is 6.61 Å². The highest BCUT2D eigenvalue weighted by molar-refractivity contribution is 6.35. The molecule has 0 saturated heterocycles. The number of hydrazine groups is 1. The molecule has 0 fully saturated rings. The monoisotopic (exact) mass is 490 g/mol. The Morgan fingerprint density at radius 1 is 1.00 bits per heavy atom. The molecule has 3 rings (SSSR count). The molecule has 174 valence electrons. The Balaban J connectivity index is 1.42. The molecule has 0 radical (unpaired) electrons. The van der Waals surface area contributed by atoms with E-state index >= 15 is 0 Å². The number of aryl methyl sites for hydroxylation is 2. The fourth-order valence-electron chi connectivity index (χ4n) is 3.30. The minimum Gasteiger partial charge on any atom is -0.492 e. The Hall–Kier alpha value is -3.03. The minimum atomic E-state index is -0.455. The van der Waals surface area contributed by atoms with Crippen molar-refractivity contribution < 1.29 is 18.7 Å². The third-order valence-corrected chi connectivity index (χ3v) is 5.62. The molecule has 2 amide bonds. The Bertz CT molecular complexity index is 1240. The number of hydrogen-bond donors (Lipinski definition) is 2. The number of carbonyl (C=O) groups excluding carboxylic acids is 2. The first-order chi connectivity index (χ1) is 15.7. The van der Waals surface area contributed by atoms with Gasteiger partial charge in [-0.2, -0.15) is 0 Å². The van der Waals surface area contributed by atoms with Crippen molar-refractivity contribution in [3.8, 4) is 5.75 Å². The quantitative estimate of drug-likeness (QED) is 0.272. The number of fused-ring (bicyclic) bond motifs is 1. The van der Waals surface area contributed by atoms with Crippen LogP contribution >= 0.6 is 23.2 Å². The van der Waals surface area contributed by atoms with Crippen molar-refractivity contribution in [3.05, 3.63) is 73.6 Å². The average Bonchev–Trinajstić information content (AvgIpc) is 2.76. The van der Waals surface area contributed by atoms with Crippen LogP contribution in [0.5, 0.6) is 5.75 Å². The van der Waals surface area contributed by atoms with Gasteiger partial charge in [-0.25, -0.2) is 4.79 Å². The summed E-state index contributed by atoms with van der Waals surface area (Å²) in [6, 6.07) is 10.5. The molecule has 7 nitrogen and oxygen atoms in total. The zero-order valence-corrected chi connectivity index (χ0v) is 19.8. The van der Waals surface area contributed by atoms with Gasteiger partial charge in [0.1, 0.15) is 11.3 Å². The SMILES string of the molecule is Cc1ccc2c(C)c(CCC(=O)NNC(=O)CCCOc3ccc(Cl)cc3Cl)c(=O)oc2c1. The van der Waals surface area contributed by atoms with Gasteiger partial charge < -0.3 is 9.15 Å². The largest absolute Gasteiger partial charge is 0.492 e. The molecular formula is C24H24Cl2N2O5. The standard InChI is InChI=1S/C24H24Cl2N2O5/c1-14-5-7-17-15(2)18(24(31)33-21(17)12-14)8-10-23(30)28-27-22(29)4-3-11-32-20-9-6-16(25)13-19(20)26/h5-7,9,12-13H,3-4,8,10-11H2,1-2H3,(H,27,29)(H,28,30). The fraction of sp³-hybridized carbons (Fsp3) is 0.292. The van der Waals surface area contributed by atoms with Crippen LogP contribution in [-0.4, -0.2) is 18.4 Å². The number of halogens is 2. The van der Waals surface area contributed by atoms with Gasteiger partial charge in [-0.05, 0) is 62.1 Å². The maximum atomic E-state index is 12.3.